The van der Waals surface area contributed by atoms with E-state index in [0.29, 0.717) is 11.3 Å². The van der Waals surface area contributed by atoms with Crippen LogP contribution in [0.4, 0.5) is 0 Å². The SMILES string of the molecule is COc1ccc2c(c1)C(S(=O)(=O)c1ccccc1)CS2(O)O. The van der Waals surface area contributed by atoms with Gasteiger partial charge in [-0.25, -0.2) is 8.42 Å². The van der Waals surface area contributed by atoms with Crippen molar-refractivity contribution in [2.24, 2.45) is 0 Å². The molecule has 1 aliphatic heterocycles. The molecule has 0 amide bonds. The summed E-state index contributed by atoms with van der Waals surface area (Å²) in [6.45, 7) is 0. The molecular formula is C15H16O5S2. The molecular weight excluding hydrogens is 324 g/mol. The smallest absolute Gasteiger partial charge is 0.187 e. The van der Waals surface area contributed by atoms with E-state index in [1.165, 1.54) is 25.3 Å². The Hall–Kier alpha value is -1.54. The third-order valence-corrected chi connectivity index (χ3v) is 7.93. The lowest BCUT2D eigenvalue weighted by molar-refractivity contribution is 0.414. The zero-order valence-corrected chi connectivity index (χ0v) is 13.5. The van der Waals surface area contributed by atoms with Gasteiger partial charge in [-0.2, -0.15) is 10.6 Å². The topological polar surface area (TPSA) is 83.8 Å². The number of hydrogen-bond acceptors (Lipinski definition) is 5. The molecule has 0 saturated carbocycles. The Bertz CT molecular complexity index is 800. The zero-order valence-electron chi connectivity index (χ0n) is 11.8. The molecule has 0 aliphatic carbocycles. The van der Waals surface area contributed by atoms with Gasteiger partial charge in [-0.15, -0.1) is 0 Å². The third kappa shape index (κ3) is 2.40. The van der Waals surface area contributed by atoms with Crippen LogP contribution in [-0.4, -0.2) is 30.4 Å². The monoisotopic (exact) mass is 340 g/mol. The fraction of sp³-hybridized carbons (Fsp3) is 0.200. The second-order valence-electron chi connectivity index (χ2n) is 5.08. The molecule has 5 nitrogen and oxygen atoms in total. The van der Waals surface area contributed by atoms with E-state index < -0.39 is 25.7 Å². The first-order valence-electron chi connectivity index (χ1n) is 6.59. The van der Waals surface area contributed by atoms with Gasteiger partial charge < -0.3 is 4.74 Å². The molecule has 0 aromatic heterocycles. The highest BCUT2D eigenvalue weighted by atomic mass is 32.3. The first kappa shape index (κ1) is 15.4. The van der Waals surface area contributed by atoms with E-state index in [0.717, 1.165) is 0 Å². The van der Waals surface area contributed by atoms with Crippen LogP contribution in [-0.2, 0) is 9.84 Å². The van der Waals surface area contributed by atoms with Crippen molar-refractivity contribution in [3.63, 3.8) is 0 Å². The number of fused-ring (bicyclic) bond motifs is 1. The molecule has 0 fully saturated rings. The Kier molecular flexibility index (Phi) is 3.68. The molecule has 118 valence electrons. The van der Waals surface area contributed by atoms with E-state index in [2.05, 4.69) is 0 Å². The molecule has 0 radical (unpaired) electrons. The van der Waals surface area contributed by atoms with Gasteiger partial charge >= 0.3 is 0 Å². The zero-order chi connectivity index (χ0) is 16.0. The fourth-order valence-electron chi connectivity index (χ4n) is 2.62. The van der Waals surface area contributed by atoms with Crippen molar-refractivity contribution < 1.29 is 22.3 Å². The summed E-state index contributed by atoms with van der Waals surface area (Å²) < 4.78 is 51.2. The lowest BCUT2D eigenvalue weighted by Crippen LogP contribution is -2.15. The minimum absolute atomic E-state index is 0.172. The Labute approximate surface area is 130 Å². The van der Waals surface area contributed by atoms with Gasteiger partial charge in [0, 0.05) is 0 Å². The molecule has 0 saturated heterocycles. The predicted octanol–water partition coefficient (Wildman–Crippen LogP) is 3.33. The van der Waals surface area contributed by atoms with Crippen LogP contribution in [0, 0.1) is 0 Å². The summed E-state index contributed by atoms with van der Waals surface area (Å²) in [4.78, 5) is 0.462. The number of benzene rings is 2. The maximum atomic E-state index is 12.8. The largest absolute Gasteiger partial charge is 0.497 e. The van der Waals surface area contributed by atoms with Crippen molar-refractivity contribution in [2.45, 2.75) is 15.0 Å². The van der Waals surface area contributed by atoms with Gasteiger partial charge in [-0.3, -0.25) is 9.11 Å². The van der Waals surface area contributed by atoms with Gasteiger partial charge in [-0.1, -0.05) is 18.2 Å². The summed E-state index contributed by atoms with van der Waals surface area (Å²) in [6.07, 6.45) is 0. The van der Waals surface area contributed by atoms with Crippen LogP contribution >= 0.6 is 10.6 Å². The van der Waals surface area contributed by atoms with E-state index in [4.69, 9.17) is 4.74 Å². The number of methoxy groups -OCH3 is 1. The Balaban J connectivity index is 2.15. The summed E-state index contributed by atoms with van der Waals surface area (Å²) in [5.74, 6) is 0.274. The second-order valence-corrected chi connectivity index (χ2v) is 9.32. The standard InChI is InChI=1S/C15H16O5S2/c1-20-11-7-8-14-13(9-11)15(10-21(14,16)17)22(18,19)12-5-3-2-4-6-12/h2-9,15-17H,10H2,1H3. The van der Waals surface area contributed by atoms with E-state index in [-0.39, 0.29) is 15.5 Å². The Morgan fingerprint density at radius 3 is 2.45 bits per heavy atom. The lowest BCUT2D eigenvalue weighted by Gasteiger charge is -2.27. The second kappa shape index (κ2) is 5.27. The highest BCUT2D eigenvalue weighted by Crippen LogP contribution is 2.61. The van der Waals surface area contributed by atoms with E-state index in [9.17, 15) is 17.5 Å². The van der Waals surface area contributed by atoms with Crippen LogP contribution < -0.4 is 4.74 Å². The molecule has 1 unspecified atom stereocenters. The van der Waals surface area contributed by atoms with Crippen LogP contribution in [0.25, 0.3) is 0 Å². The summed E-state index contributed by atoms with van der Waals surface area (Å²) in [7, 11) is -5.33. The minimum Gasteiger partial charge on any atom is -0.497 e. The number of rotatable bonds is 3. The van der Waals surface area contributed by atoms with Crippen molar-refractivity contribution >= 4 is 20.4 Å². The molecule has 1 atom stereocenters. The van der Waals surface area contributed by atoms with Gasteiger partial charge in [0.2, 0.25) is 0 Å². The van der Waals surface area contributed by atoms with Gasteiger partial charge in [0.1, 0.15) is 11.0 Å². The summed E-state index contributed by atoms with van der Waals surface area (Å²) in [6, 6.07) is 12.8. The molecule has 3 rings (SSSR count). The fourth-order valence-corrected chi connectivity index (χ4v) is 7.03. The van der Waals surface area contributed by atoms with Crippen molar-refractivity contribution in [3.8, 4) is 5.75 Å². The number of hydrogen-bond donors (Lipinski definition) is 2. The molecule has 0 spiro atoms. The van der Waals surface area contributed by atoms with E-state index >= 15 is 0 Å². The Morgan fingerprint density at radius 1 is 1.14 bits per heavy atom. The molecule has 2 N–H and O–H groups in total. The third-order valence-electron chi connectivity index (χ3n) is 3.75. The highest BCUT2D eigenvalue weighted by Gasteiger charge is 2.43. The van der Waals surface area contributed by atoms with Crippen LogP contribution in [0.15, 0.2) is 58.3 Å². The summed E-state index contributed by atoms with van der Waals surface area (Å²) in [5.41, 5.74) is 0.406. The van der Waals surface area contributed by atoms with Crippen molar-refractivity contribution in [2.75, 3.05) is 12.9 Å². The Morgan fingerprint density at radius 2 is 1.82 bits per heavy atom. The molecule has 0 bridgehead atoms. The first-order valence-corrected chi connectivity index (χ1v) is 9.85. The van der Waals surface area contributed by atoms with E-state index in [1.54, 1.807) is 30.3 Å². The predicted molar refractivity (Wildman–Crippen MR) is 85.3 cm³/mol. The molecule has 1 aliphatic rings. The maximum Gasteiger partial charge on any atom is 0.187 e. The van der Waals surface area contributed by atoms with Gasteiger partial charge in [0.15, 0.2) is 9.84 Å². The minimum atomic E-state index is -3.70. The van der Waals surface area contributed by atoms with Gasteiger partial charge in [0.05, 0.1) is 22.7 Å². The van der Waals surface area contributed by atoms with Crippen LogP contribution in [0.1, 0.15) is 10.8 Å². The summed E-state index contributed by atoms with van der Waals surface area (Å²) in [5, 5.41) is -0.981. The molecule has 1 heterocycles. The van der Waals surface area contributed by atoms with Gasteiger partial charge in [0.25, 0.3) is 0 Å². The van der Waals surface area contributed by atoms with Gasteiger partial charge in [-0.05, 0) is 35.9 Å². The molecule has 2 aromatic rings. The van der Waals surface area contributed by atoms with Crippen molar-refractivity contribution in [1.82, 2.24) is 0 Å². The highest BCUT2D eigenvalue weighted by molar-refractivity contribution is 8.25. The van der Waals surface area contributed by atoms with Crippen molar-refractivity contribution in [3.05, 3.63) is 54.1 Å². The average Bonchev–Trinajstić information content (AvgIpc) is 2.80. The normalized spacial score (nSPS) is 21.1. The molecule has 7 heteroatoms. The lowest BCUT2D eigenvalue weighted by atomic mass is 10.1. The number of ether oxygens (including phenoxy) is 1. The molecule has 2 aromatic carbocycles. The van der Waals surface area contributed by atoms with Crippen LogP contribution in [0.3, 0.4) is 0 Å². The molecule has 22 heavy (non-hydrogen) atoms. The van der Waals surface area contributed by atoms with E-state index in [1.807, 2.05) is 0 Å². The van der Waals surface area contributed by atoms with Crippen LogP contribution in [0.5, 0.6) is 5.75 Å². The van der Waals surface area contributed by atoms with Crippen LogP contribution in [0.2, 0.25) is 0 Å². The number of sulfone groups is 1. The first-order chi connectivity index (χ1) is 10.4. The average molecular weight is 340 g/mol. The quantitative estimate of drug-likeness (QED) is 0.895. The van der Waals surface area contributed by atoms with Crippen molar-refractivity contribution in [1.29, 1.82) is 0 Å². The maximum absolute atomic E-state index is 12.8. The summed E-state index contributed by atoms with van der Waals surface area (Å²) >= 11 is 0.